The number of benzene rings is 1. The SMILES string of the molecule is COc1ccc(C(=O)Nc2ccc(=O)[nH]n2)c(N)c1. The Balaban J connectivity index is 2.20. The first-order valence-corrected chi connectivity index (χ1v) is 5.41. The third-order valence-corrected chi connectivity index (χ3v) is 2.42. The van der Waals surface area contributed by atoms with Crippen molar-refractivity contribution in [3.05, 3.63) is 46.2 Å². The normalized spacial score (nSPS) is 9.95. The lowest BCUT2D eigenvalue weighted by Gasteiger charge is -2.08. The lowest BCUT2D eigenvalue weighted by atomic mass is 10.1. The third-order valence-electron chi connectivity index (χ3n) is 2.42. The molecule has 0 atom stereocenters. The lowest BCUT2D eigenvalue weighted by molar-refractivity contribution is 0.102. The number of anilines is 2. The second-order valence-corrected chi connectivity index (χ2v) is 3.71. The average Bonchev–Trinajstić information content (AvgIpc) is 2.41. The molecule has 1 heterocycles. The van der Waals surface area contributed by atoms with Gasteiger partial charge >= 0.3 is 0 Å². The molecule has 1 aromatic heterocycles. The Bertz CT molecular complexity index is 646. The summed E-state index contributed by atoms with van der Waals surface area (Å²) in [5, 5.41) is 8.41. The number of rotatable bonds is 3. The molecule has 0 aliphatic carbocycles. The molecule has 0 unspecified atom stereocenters. The van der Waals surface area contributed by atoms with Crippen LogP contribution in [-0.2, 0) is 0 Å². The maximum atomic E-state index is 12.0. The molecule has 0 saturated heterocycles. The van der Waals surface area contributed by atoms with Crippen LogP contribution >= 0.6 is 0 Å². The summed E-state index contributed by atoms with van der Waals surface area (Å²) < 4.78 is 5.00. The van der Waals surface area contributed by atoms with Gasteiger partial charge in [0.05, 0.1) is 12.7 Å². The molecule has 0 radical (unpaired) electrons. The highest BCUT2D eigenvalue weighted by Crippen LogP contribution is 2.20. The summed E-state index contributed by atoms with van der Waals surface area (Å²) in [5.41, 5.74) is 6.00. The molecular weight excluding hydrogens is 248 g/mol. The standard InChI is InChI=1S/C12H12N4O3/c1-19-7-2-3-8(9(13)6-7)12(18)14-10-4-5-11(17)16-15-10/h2-6H,13H2,1H3,(H,16,17)(H,14,15,18). The molecule has 0 aliphatic heterocycles. The van der Waals surface area contributed by atoms with Crippen LogP contribution in [0.1, 0.15) is 10.4 Å². The van der Waals surface area contributed by atoms with Gasteiger partial charge in [0, 0.05) is 17.8 Å². The van der Waals surface area contributed by atoms with E-state index in [1.165, 1.54) is 19.2 Å². The van der Waals surface area contributed by atoms with Gasteiger partial charge in [0.1, 0.15) is 5.75 Å². The minimum atomic E-state index is -0.417. The molecule has 0 saturated carbocycles. The van der Waals surface area contributed by atoms with Crippen molar-refractivity contribution in [1.82, 2.24) is 10.2 Å². The van der Waals surface area contributed by atoms with E-state index in [1.54, 1.807) is 18.2 Å². The van der Waals surface area contributed by atoms with Crippen LogP contribution in [-0.4, -0.2) is 23.2 Å². The number of nitrogens with zero attached hydrogens (tertiary/aromatic N) is 1. The number of nitrogens with one attached hydrogen (secondary N) is 2. The second-order valence-electron chi connectivity index (χ2n) is 3.71. The molecule has 0 spiro atoms. The maximum absolute atomic E-state index is 12.0. The van der Waals surface area contributed by atoms with Gasteiger partial charge in [-0.3, -0.25) is 9.59 Å². The summed E-state index contributed by atoms with van der Waals surface area (Å²) in [6.45, 7) is 0. The van der Waals surface area contributed by atoms with Crippen molar-refractivity contribution < 1.29 is 9.53 Å². The smallest absolute Gasteiger partial charge is 0.264 e. The van der Waals surface area contributed by atoms with Crippen molar-refractivity contribution in [2.75, 3.05) is 18.2 Å². The molecule has 0 aliphatic rings. The molecule has 4 N–H and O–H groups in total. The Hall–Kier alpha value is -2.83. The number of methoxy groups -OCH3 is 1. The van der Waals surface area contributed by atoms with Crippen molar-refractivity contribution in [2.24, 2.45) is 0 Å². The van der Waals surface area contributed by atoms with Crippen molar-refractivity contribution in [2.45, 2.75) is 0 Å². The summed E-state index contributed by atoms with van der Waals surface area (Å²) in [4.78, 5) is 22.8. The summed E-state index contributed by atoms with van der Waals surface area (Å²) in [5.74, 6) is 0.385. The van der Waals surface area contributed by atoms with E-state index in [9.17, 15) is 9.59 Å². The number of carbonyl (C=O) groups is 1. The zero-order valence-electron chi connectivity index (χ0n) is 10.1. The first kappa shape index (κ1) is 12.6. The van der Waals surface area contributed by atoms with Crippen molar-refractivity contribution in [3.63, 3.8) is 0 Å². The second kappa shape index (κ2) is 5.21. The molecule has 1 amide bonds. The van der Waals surface area contributed by atoms with Crippen LogP contribution in [0.3, 0.4) is 0 Å². The Morgan fingerprint density at radius 2 is 2.16 bits per heavy atom. The van der Waals surface area contributed by atoms with Gasteiger partial charge in [-0.1, -0.05) is 0 Å². The van der Waals surface area contributed by atoms with Gasteiger partial charge in [0.2, 0.25) is 0 Å². The quantitative estimate of drug-likeness (QED) is 0.700. The summed E-state index contributed by atoms with van der Waals surface area (Å²) in [6.07, 6.45) is 0. The van der Waals surface area contributed by atoms with E-state index in [1.807, 2.05) is 0 Å². The molecule has 2 rings (SSSR count). The molecule has 19 heavy (non-hydrogen) atoms. The van der Waals surface area contributed by atoms with Gasteiger partial charge in [-0.2, -0.15) is 5.10 Å². The Morgan fingerprint density at radius 3 is 2.74 bits per heavy atom. The highest BCUT2D eigenvalue weighted by atomic mass is 16.5. The van der Waals surface area contributed by atoms with E-state index < -0.39 is 5.91 Å². The number of nitrogens with two attached hydrogens (primary N) is 1. The number of aromatic nitrogens is 2. The third kappa shape index (κ3) is 2.89. The fourth-order valence-corrected chi connectivity index (χ4v) is 1.47. The minimum Gasteiger partial charge on any atom is -0.497 e. The van der Waals surface area contributed by atoms with Crippen LogP contribution in [0, 0.1) is 0 Å². The van der Waals surface area contributed by atoms with Crippen LogP contribution in [0.4, 0.5) is 11.5 Å². The van der Waals surface area contributed by atoms with E-state index in [-0.39, 0.29) is 11.4 Å². The highest BCUT2D eigenvalue weighted by molar-refractivity contribution is 6.07. The molecule has 2 aromatic rings. The molecule has 7 heteroatoms. The molecule has 98 valence electrons. The number of hydrogen-bond acceptors (Lipinski definition) is 5. The van der Waals surface area contributed by atoms with E-state index in [2.05, 4.69) is 15.5 Å². The summed E-state index contributed by atoms with van der Waals surface area (Å²) in [7, 11) is 1.51. The molecule has 0 fully saturated rings. The van der Waals surface area contributed by atoms with Crippen LogP contribution in [0.2, 0.25) is 0 Å². The first-order valence-electron chi connectivity index (χ1n) is 5.41. The van der Waals surface area contributed by atoms with Gasteiger partial charge in [-0.25, -0.2) is 5.10 Å². The van der Waals surface area contributed by atoms with Gasteiger partial charge in [-0.15, -0.1) is 0 Å². The van der Waals surface area contributed by atoms with Gasteiger partial charge in [0.15, 0.2) is 5.82 Å². The predicted molar refractivity (Wildman–Crippen MR) is 70.2 cm³/mol. The van der Waals surface area contributed by atoms with Gasteiger partial charge in [-0.05, 0) is 18.2 Å². The van der Waals surface area contributed by atoms with E-state index in [0.29, 0.717) is 17.0 Å². The molecular formula is C12H12N4O3. The van der Waals surface area contributed by atoms with Gasteiger partial charge in [0.25, 0.3) is 11.5 Å². The van der Waals surface area contributed by atoms with Crippen LogP contribution < -0.4 is 21.3 Å². The number of aromatic amines is 1. The minimum absolute atomic E-state index is 0.236. The van der Waals surface area contributed by atoms with Crippen molar-refractivity contribution >= 4 is 17.4 Å². The number of amides is 1. The summed E-state index contributed by atoms with van der Waals surface area (Å²) >= 11 is 0. The highest BCUT2D eigenvalue weighted by Gasteiger charge is 2.11. The van der Waals surface area contributed by atoms with E-state index >= 15 is 0 Å². The fourth-order valence-electron chi connectivity index (χ4n) is 1.47. The Labute approximate surface area is 108 Å². The summed E-state index contributed by atoms with van der Waals surface area (Å²) in [6, 6.07) is 7.40. The van der Waals surface area contributed by atoms with Crippen LogP contribution in [0.5, 0.6) is 5.75 Å². The van der Waals surface area contributed by atoms with Crippen molar-refractivity contribution in [3.8, 4) is 5.75 Å². The maximum Gasteiger partial charge on any atom is 0.264 e. The topological polar surface area (TPSA) is 110 Å². The largest absolute Gasteiger partial charge is 0.497 e. The van der Waals surface area contributed by atoms with Crippen LogP contribution in [0.25, 0.3) is 0 Å². The van der Waals surface area contributed by atoms with Crippen LogP contribution in [0.15, 0.2) is 35.1 Å². The van der Waals surface area contributed by atoms with E-state index in [4.69, 9.17) is 10.5 Å². The number of nitrogen functional groups attached to an aromatic ring is 1. The number of hydrogen-bond donors (Lipinski definition) is 3. The fraction of sp³-hybridized carbons (Fsp3) is 0.0833. The first-order chi connectivity index (χ1) is 9.10. The lowest BCUT2D eigenvalue weighted by Crippen LogP contribution is -2.17. The van der Waals surface area contributed by atoms with E-state index in [0.717, 1.165) is 0 Å². The van der Waals surface area contributed by atoms with Gasteiger partial charge < -0.3 is 15.8 Å². The Morgan fingerprint density at radius 1 is 1.37 bits per heavy atom. The zero-order chi connectivity index (χ0) is 13.8. The van der Waals surface area contributed by atoms with Crippen molar-refractivity contribution in [1.29, 1.82) is 0 Å². The average molecular weight is 260 g/mol. The zero-order valence-corrected chi connectivity index (χ0v) is 10.1. The molecule has 0 bridgehead atoms. The monoisotopic (exact) mass is 260 g/mol. The number of carbonyl (C=O) groups excluding carboxylic acids is 1. The molecule has 7 nitrogen and oxygen atoms in total. The predicted octanol–water partition coefficient (Wildman–Crippen LogP) is 0.613. The molecule has 1 aromatic carbocycles. The Kier molecular flexibility index (Phi) is 3.46. The number of H-pyrrole nitrogens is 1. The number of ether oxygens (including phenoxy) is 1.